The van der Waals surface area contributed by atoms with E-state index < -0.39 is 0 Å². The highest BCUT2D eigenvalue weighted by molar-refractivity contribution is 7.99. The Morgan fingerprint density at radius 3 is 2.84 bits per heavy atom. The number of aryl methyl sites for hydroxylation is 1. The van der Waals surface area contributed by atoms with Gasteiger partial charge in [0.1, 0.15) is 5.52 Å². The summed E-state index contributed by atoms with van der Waals surface area (Å²) in [6.07, 6.45) is 0.768. The Bertz CT molecular complexity index is 659. The van der Waals surface area contributed by atoms with Gasteiger partial charge in [0.2, 0.25) is 5.89 Å². The Kier molecular flexibility index (Phi) is 3.25. The first-order valence-electron chi connectivity index (χ1n) is 6.11. The van der Waals surface area contributed by atoms with Crippen LogP contribution in [0, 0.1) is 0 Å². The van der Waals surface area contributed by atoms with Gasteiger partial charge in [-0.25, -0.2) is 4.98 Å². The van der Waals surface area contributed by atoms with Gasteiger partial charge in [-0.05, 0) is 19.1 Å². The van der Waals surface area contributed by atoms with Crippen LogP contribution in [-0.4, -0.2) is 15.1 Å². The van der Waals surface area contributed by atoms with Crippen molar-refractivity contribution in [3.63, 3.8) is 0 Å². The number of para-hydroxylation sites is 2. The molecule has 0 saturated carbocycles. The van der Waals surface area contributed by atoms with Gasteiger partial charge in [-0.15, -0.1) is 0 Å². The van der Waals surface area contributed by atoms with Gasteiger partial charge < -0.3 is 8.94 Å². The fraction of sp³-hybridized carbons (Fsp3) is 0.308. The predicted molar refractivity (Wildman–Crippen MR) is 72.0 cm³/mol. The Labute approximate surface area is 114 Å². The fourth-order valence-corrected chi connectivity index (χ4v) is 2.47. The average molecular weight is 275 g/mol. The molecule has 19 heavy (non-hydrogen) atoms. The Morgan fingerprint density at radius 2 is 2.11 bits per heavy atom. The summed E-state index contributed by atoms with van der Waals surface area (Å²) in [5.41, 5.74) is 1.65. The second kappa shape index (κ2) is 5.05. The number of oxazole rings is 1. The maximum atomic E-state index is 5.66. The molecule has 0 aliphatic rings. The number of hydrogen-bond acceptors (Lipinski definition) is 6. The van der Waals surface area contributed by atoms with E-state index in [2.05, 4.69) is 15.1 Å². The van der Waals surface area contributed by atoms with E-state index in [0.29, 0.717) is 11.1 Å². The molecule has 0 radical (unpaired) electrons. The predicted octanol–water partition coefficient (Wildman–Crippen LogP) is 3.63. The largest absolute Gasteiger partial charge is 0.431 e. The van der Waals surface area contributed by atoms with Gasteiger partial charge in [0.05, 0.1) is 5.25 Å². The van der Waals surface area contributed by atoms with Crippen LogP contribution in [0.15, 0.2) is 38.4 Å². The maximum Gasteiger partial charge on any atom is 0.257 e. The first-order chi connectivity index (χ1) is 9.26. The van der Waals surface area contributed by atoms with E-state index in [1.165, 1.54) is 11.8 Å². The van der Waals surface area contributed by atoms with Crippen molar-refractivity contribution in [2.75, 3.05) is 0 Å². The van der Waals surface area contributed by atoms with Crippen LogP contribution in [-0.2, 0) is 6.42 Å². The summed E-state index contributed by atoms with van der Waals surface area (Å²) in [4.78, 5) is 8.72. The summed E-state index contributed by atoms with van der Waals surface area (Å²) >= 11 is 1.47. The van der Waals surface area contributed by atoms with Crippen molar-refractivity contribution in [2.45, 2.75) is 30.7 Å². The molecule has 1 aromatic carbocycles. The SMILES string of the molecule is CCc1noc(C(C)Sc2nc3ccccc3o2)n1. The normalized spacial score (nSPS) is 12.9. The number of aromatic nitrogens is 3. The third-order valence-electron chi connectivity index (χ3n) is 2.70. The first-order valence-corrected chi connectivity index (χ1v) is 6.99. The minimum Gasteiger partial charge on any atom is -0.431 e. The van der Waals surface area contributed by atoms with Crippen LogP contribution in [0.4, 0.5) is 0 Å². The number of fused-ring (bicyclic) bond motifs is 1. The molecule has 1 atom stereocenters. The summed E-state index contributed by atoms with van der Waals surface area (Å²) < 4.78 is 10.9. The zero-order valence-corrected chi connectivity index (χ0v) is 11.5. The molecule has 5 nitrogen and oxygen atoms in total. The molecule has 0 spiro atoms. The summed E-state index contributed by atoms with van der Waals surface area (Å²) in [7, 11) is 0. The topological polar surface area (TPSA) is 65.0 Å². The highest BCUT2D eigenvalue weighted by Gasteiger charge is 2.18. The molecule has 2 aromatic heterocycles. The molecule has 1 unspecified atom stereocenters. The van der Waals surface area contributed by atoms with Gasteiger partial charge in [-0.1, -0.05) is 36.0 Å². The monoisotopic (exact) mass is 275 g/mol. The number of nitrogens with zero attached hydrogens (tertiary/aromatic N) is 3. The maximum absolute atomic E-state index is 5.66. The lowest BCUT2D eigenvalue weighted by Crippen LogP contribution is -1.89. The molecule has 0 aliphatic carbocycles. The second-order valence-corrected chi connectivity index (χ2v) is 5.40. The van der Waals surface area contributed by atoms with Gasteiger partial charge in [0.15, 0.2) is 11.4 Å². The van der Waals surface area contributed by atoms with Crippen LogP contribution in [0.5, 0.6) is 0 Å². The Hall–Kier alpha value is -1.82. The van der Waals surface area contributed by atoms with E-state index in [-0.39, 0.29) is 5.25 Å². The molecule has 0 aliphatic heterocycles. The molecule has 0 amide bonds. The van der Waals surface area contributed by atoms with Crippen molar-refractivity contribution in [1.29, 1.82) is 0 Å². The molecule has 2 heterocycles. The Balaban J connectivity index is 1.80. The van der Waals surface area contributed by atoms with Gasteiger partial charge in [-0.2, -0.15) is 4.98 Å². The highest BCUT2D eigenvalue weighted by atomic mass is 32.2. The van der Waals surface area contributed by atoms with Crippen molar-refractivity contribution in [3.05, 3.63) is 36.0 Å². The van der Waals surface area contributed by atoms with E-state index >= 15 is 0 Å². The first kappa shape index (κ1) is 12.2. The van der Waals surface area contributed by atoms with Crippen LogP contribution in [0.3, 0.4) is 0 Å². The molecule has 0 N–H and O–H groups in total. The highest BCUT2D eigenvalue weighted by Crippen LogP contribution is 2.34. The molecule has 3 rings (SSSR count). The van der Waals surface area contributed by atoms with Gasteiger partial charge >= 0.3 is 0 Å². The van der Waals surface area contributed by atoms with E-state index in [0.717, 1.165) is 23.3 Å². The summed E-state index contributed by atoms with van der Waals surface area (Å²) in [5, 5.41) is 4.52. The van der Waals surface area contributed by atoms with Crippen LogP contribution in [0.2, 0.25) is 0 Å². The van der Waals surface area contributed by atoms with Crippen LogP contribution >= 0.6 is 11.8 Å². The summed E-state index contributed by atoms with van der Waals surface area (Å²) in [6.45, 7) is 3.99. The number of benzene rings is 1. The van der Waals surface area contributed by atoms with Crippen molar-refractivity contribution in [1.82, 2.24) is 15.1 Å². The van der Waals surface area contributed by atoms with Gasteiger partial charge in [-0.3, -0.25) is 0 Å². The minimum atomic E-state index is 0.0147. The third-order valence-corrected chi connectivity index (χ3v) is 3.63. The van der Waals surface area contributed by atoms with Crippen LogP contribution in [0.25, 0.3) is 11.1 Å². The van der Waals surface area contributed by atoms with E-state index in [9.17, 15) is 0 Å². The van der Waals surface area contributed by atoms with E-state index in [4.69, 9.17) is 8.94 Å². The van der Waals surface area contributed by atoms with Crippen LogP contribution in [0.1, 0.15) is 30.8 Å². The quantitative estimate of drug-likeness (QED) is 0.677. The molecular formula is C13H13N3O2S. The van der Waals surface area contributed by atoms with E-state index in [1.54, 1.807) is 0 Å². The summed E-state index contributed by atoms with van der Waals surface area (Å²) in [6, 6.07) is 7.69. The smallest absolute Gasteiger partial charge is 0.257 e. The third kappa shape index (κ3) is 2.49. The van der Waals surface area contributed by atoms with Gasteiger partial charge in [0.25, 0.3) is 5.22 Å². The fourth-order valence-electron chi connectivity index (χ4n) is 1.68. The molecule has 0 bridgehead atoms. The molecule has 3 aromatic rings. The standard InChI is InChI=1S/C13H13N3O2S/c1-3-11-15-12(18-16-11)8(2)19-13-14-9-6-4-5-7-10(9)17-13/h4-8H,3H2,1-2H3. The van der Waals surface area contributed by atoms with Crippen molar-refractivity contribution in [2.24, 2.45) is 0 Å². The second-order valence-electron chi connectivity index (χ2n) is 4.11. The molecule has 0 saturated heterocycles. The van der Waals surface area contributed by atoms with Crippen LogP contribution < -0.4 is 0 Å². The van der Waals surface area contributed by atoms with E-state index in [1.807, 2.05) is 38.1 Å². The van der Waals surface area contributed by atoms with Crippen molar-refractivity contribution in [3.8, 4) is 0 Å². The zero-order chi connectivity index (χ0) is 13.2. The van der Waals surface area contributed by atoms with Crippen molar-refractivity contribution >= 4 is 22.9 Å². The van der Waals surface area contributed by atoms with Crippen molar-refractivity contribution < 1.29 is 8.94 Å². The Morgan fingerprint density at radius 1 is 1.26 bits per heavy atom. The number of hydrogen-bond donors (Lipinski definition) is 0. The average Bonchev–Trinajstić information content (AvgIpc) is 3.04. The lowest BCUT2D eigenvalue weighted by molar-refractivity contribution is 0.374. The molecular weight excluding hydrogens is 262 g/mol. The lowest BCUT2D eigenvalue weighted by Gasteiger charge is -2.00. The summed E-state index contributed by atoms with van der Waals surface area (Å²) in [5.74, 6) is 1.32. The molecule has 0 fully saturated rings. The number of rotatable bonds is 4. The number of thioether (sulfide) groups is 1. The minimum absolute atomic E-state index is 0.0147. The zero-order valence-electron chi connectivity index (χ0n) is 10.7. The lowest BCUT2D eigenvalue weighted by atomic mass is 10.3. The molecule has 6 heteroatoms. The molecule has 98 valence electrons. The van der Waals surface area contributed by atoms with Gasteiger partial charge in [0, 0.05) is 6.42 Å².